The van der Waals surface area contributed by atoms with Gasteiger partial charge in [0, 0.05) is 38.9 Å². The van der Waals surface area contributed by atoms with Crippen LogP contribution in [0, 0.1) is 0 Å². The van der Waals surface area contributed by atoms with Crippen LogP contribution in [0.2, 0.25) is 0 Å². The Morgan fingerprint density at radius 2 is 2.11 bits per heavy atom. The molecule has 1 amide bonds. The van der Waals surface area contributed by atoms with Gasteiger partial charge in [0.05, 0.1) is 0 Å². The molecule has 1 fully saturated rings. The smallest absolute Gasteiger partial charge is 0.272 e. The highest BCUT2D eigenvalue weighted by Crippen LogP contribution is 2.08. The number of likely N-dealkylation sites (N-methyl/N-ethyl adjacent to an activating group) is 1. The van der Waals surface area contributed by atoms with Crippen molar-refractivity contribution in [2.45, 2.75) is 13.5 Å². The zero-order valence-electron chi connectivity index (χ0n) is 10.8. The Bertz CT molecular complexity index is 413. The lowest BCUT2D eigenvalue weighted by Crippen LogP contribution is -2.48. The zero-order valence-corrected chi connectivity index (χ0v) is 10.8. The maximum atomic E-state index is 12.3. The zero-order chi connectivity index (χ0) is 13.0. The van der Waals surface area contributed by atoms with Crippen LogP contribution in [0.1, 0.15) is 23.0 Å². The second-order valence-electron chi connectivity index (χ2n) is 4.48. The summed E-state index contributed by atoms with van der Waals surface area (Å²) >= 11 is 0. The minimum absolute atomic E-state index is 0.0149. The predicted octanol–water partition coefficient (Wildman–Crippen LogP) is 0.318. The predicted molar refractivity (Wildman–Crippen MR) is 70.1 cm³/mol. The fourth-order valence-electron chi connectivity index (χ4n) is 2.15. The molecular formula is C13H20N4O. The highest BCUT2D eigenvalue weighted by atomic mass is 16.2. The number of hydrogen-bond acceptors (Lipinski definition) is 4. The molecule has 0 unspecified atom stereocenters. The van der Waals surface area contributed by atoms with Gasteiger partial charge >= 0.3 is 0 Å². The highest BCUT2D eigenvalue weighted by Gasteiger charge is 2.22. The van der Waals surface area contributed by atoms with Crippen LogP contribution < -0.4 is 5.73 Å². The fourth-order valence-corrected chi connectivity index (χ4v) is 2.15. The van der Waals surface area contributed by atoms with Crippen molar-refractivity contribution in [3.8, 4) is 0 Å². The topological polar surface area (TPSA) is 62.5 Å². The lowest BCUT2D eigenvalue weighted by atomic mass is 10.2. The van der Waals surface area contributed by atoms with Gasteiger partial charge in [-0.3, -0.25) is 9.78 Å². The number of carbonyl (C=O) groups excluding carboxylic acids is 1. The van der Waals surface area contributed by atoms with Crippen molar-refractivity contribution in [3.05, 3.63) is 29.6 Å². The van der Waals surface area contributed by atoms with Crippen LogP contribution in [0.5, 0.6) is 0 Å². The first kappa shape index (κ1) is 13.0. The first-order valence-corrected chi connectivity index (χ1v) is 6.41. The maximum absolute atomic E-state index is 12.3. The Kier molecular flexibility index (Phi) is 4.28. The number of nitrogens with zero attached hydrogens (tertiary/aromatic N) is 3. The highest BCUT2D eigenvalue weighted by molar-refractivity contribution is 5.92. The van der Waals surface area contributed by atoms with Crippen LogP contribution in [-0.2, 0) is 6.54 Å². The van der Waals surface area contributed by atoms with E-state index in [4.69, 9.17) is 5.73 Å². The third kappa shape index (κ3) is 2.86. The van der Waals surface area contributed by atoms with E-state index >= 15 is 0 Å². The van der Waals surface area contributed by atoms with Crippen molar-refractivity contribution in [2.24, 2.45) is 5.73 Å². The van der Waals surface area contributed by atoms with Crippen LogP contribution in [0.3, 0.4) is 0 Å². The van der Waals surface area contributed by atoms with Crippen LogP contribution in [0.15, 0.2) is 18.3 Å². The summed E-state index contributed by atoms with van der Waals surface area (Å²) in [5.74, 6) is 0.0149. The van der Waals surface area contributed by atoms with Crippen molar-refractivity contribution in [2.75, 3.05) is 32.7 Å². The quantitative estimate of drug-likeness (QED) is 0.836. The summed E-state index contributed by atoms with van der Waals surface area (Å²) in [5.41, 5.74) is 7.02. The molecule has 98 valence electrons. The number of carbonyl (C=O) groups is 1. The van der Waals surface area contributed by atoms with E-state index in [1.165, 1.54) is 0 Å². The van der Waals surface area contributed by atoms with Crippen molar-refractivity contribution in [3.63, 3.8) is 0 Å². The molecule has 0 radical (unpaired) electrons. The standard InChI is InChI=1S/C13H20N4O/c1-2-16-5-7-17(8-6-16)13(18)12-9-11(10-14)3-4-15-12/h3-4,9H,2,5-8,10,14H2,1H3. The van der Waals surface area contributed by atoms with Crippen LogP contribution in [0.4, 0.5) is 0 Å². The minimum Gasteiger partial charge on any atom is -0.335 e. The van der Waals surface area contributed by atoms with Crippen molar-refractivity contribution < 1.29 is 4.79 Å². The van der Waals surface area contributed by atoms with Gasteiger partial charge in [0.1, 0.15) is 5.69 Å². The Morgan fingerprint density at radius 3 is 2.72 bits per heavy atom. The Hall–Kier alpha value is -1.46. The number of pyridine rings is 1. The molecule has 0 spiro atoms. The average molecular weight is 248 g/mol. The van der Waals surface area contributed by atoms with E-state index in [2.05, 4.69) is 16.8 Å². The van der Waals surface area contributed by atoms with Crippen LogP contribution in [0.25, 0.3) is 0 Å². The van der Waals surface area contributed by atoms with Gasteiger partial charge in [-0.25, -0.2) is 0 Å². The molecule has 0 aliphatic carbocycles. The number of amides is 1. The third-order valence-corrected chi connectivity index (χ3v) is 3.39. The summed E-state index contributed by atoms with van der Waals surface area (Å²) in [6, 6.07) is 3.63. The number of aromatic nitrogens is 1. The second-order valence-corrected chi connectivity index (χ2v) is 4.48. The van der Waals surface area contributed by atoms with E-state index < -0.39 is 0 Å². The van der Waals surface area contributed by atoms with Gasteiger partial charge in [-0.05, 0) is 24.2 Å². The molecule has 1 aliphatic rings. The fraction of sp³-hybridized carbons (Fsp3) is 0.538. The van der Waals surface area contributed by atoms with Crippen molar-refractivity contribution >= 4 is 5.91 Å². The van der Waals surface area contributed by atoms with E-state index in [9.17, 15) is 4.79 Å². The Labute approximate surface area is 108 Å². The molecule has 0 atom stereocenters. The second kappa shape index (κ2) is 5.93. The molecule has 5 heteroatoms. The van der Waals surface area contributed by atoms with E-state index in [0.717, 1.165) is 38.3 Å². The summed E-state index contributed by atoms with van der Waals surface area (Å²) in [4.78, 5) is 20.6. The third-order valence-electron chi connectivity index (χ3n) is 3.39. The molecule has 1 aromatic rings. The van der Waals surface area contributed by atoms with Crippen molar-refractivity contribution in [1.29, 1.82) is 0 Å². The number of piperazine rings is 1. The maximum Gasteiger partial charge on any atom is 0.272 e. The Balaban J connectivity index is 2.03. The summed E-state index contributed by atoms with van der Waals surface area (Å²) in [6.45, 7) is 7.07. The first-order chi connectivity index (χ1) is 8.74. The van der Waals surface area contributed by atoms with E-state index in [1.807, 2.05) is 11.0 Å². The molecule has 1 saturated heterocycles. The number of rotatable bonds is 3. The van der Waals surface area contributed by atoms with E-state index in [-0.39, 0.29) is 5.91 Å². The monoisotopic (exact) mass is 248 g/mol. The lowest BCUT2D eigenvalue weighted by molar-refractivity contribution is 0.0637. The minimum atomic E-state index is 0.0149. The summed E-state index contributed by atoms with van der Waals surface area (Å²) in [7, 11) is 0. The van der Waals surface area contributed by atoms with Gasteiger partial charge in [-0.1, -0.05) is 6.92 Å². The van der Waals surface area contributed by atoms with Gasteiger partial charge in [-0.15, -0.1) is 0 Å². The van der Waals surface area contributed by atoms with Gasteiger partial charge in [0.25, 0.3) is 5.91 Å². The molecule has 2 rings (SSSR count). The van der Waals surface area contributed by atoms with Crippen LogP contribution >= 0.6 is 0 Å². The molecule has 2 N–H and O–H groups in total. The summed E-state index contributed by atoms with van der Waals surface area (Å²) in [6.07, 6.45) is 1.65. The molecule has 1 aromatic heterocycles. The normalized spacial score (nSPS) is 16.9. The molecule has 0 bridgehead atoms. The van der Waals surface area contributed by atoms with Gasteiger partial charge in [-0.2, -0.15) is 0 Å². The van der Waals surface area contributed by atoms with Crippen LogP contribution in [-0.4, -0.2) is 53.4 Å². The lowest BCUT2D eigenvalue weighted by Gasteiger charge is -2.33. The molecule has 0 aromatic carbocycles. The van der Waals surface area contributed by atoms with Gasteiger partial charge in [0.15, 0.2) is 0 Å². The van der Waals surface area contributed by atoms with Crippen molar-refractivity contribution in [1.82, 2.24) is 14.8 Å². The Morgan fingerprint density at radius 1 is 1.39 bits per heavy atom. The molecule has 0 saturated carbocycles. The van der Waals surface area contributed by atoms with E-state index in [0.29, 0.717) is 12.2 Å². The molecule has 2 heterocycles. The molecule has 5 nitrogen and oxygen atoms in total. The number of hydrogen-bond donors (Lipinski definition) is 1. The van der Waals surface area contributed by atoms with E-state index in [1.54, 1.807) is 12.3 Å². The SMILES string of the molecule is CCN1CCN(C(=O)c2cc(CN)ccn2)CC1. The summed E-state index contributed by atoms with van der Waals surface area (Å²) in [5, 5.41) is 0. The summed E-state index contributed by atoms with van der Waals surface area (Å²) < 4.78 is 0. The largest absolute Gasteiger partial charge is 0.335 e. The molecule has 1 aliphatic heterocycles. The first-order valence-electron chi connectivity index (χ1n) is 6.41. The average Bonchev–Trinajstić information content (AvgIpc) is 2.46. The molecular weight excluding hydrogens is 228 g/mol. The molecule has 18 heavy (non-hydrogen) atoms. The number of nitrogens with two attached hydrogens (primary N) is 1. The van der Waals surface area contributed by atoms with Gasteiger partial charge in [0.2, 0.25) is 0 Å². The van der Waals surface area contributed by atoms with Gasteiger partial charge < -0.3 is 15.5 Å².